The van der Waals surface area contributed by atoms with Gasteiger partial charge in [0.2, 0.25) is 0 Å². The molecule has 1 aromatic carbocycles. The highest BCUT2D eigenvalue weighted by atomic mass is 19.1. The summed E-state index contributed by atoms with van der Waals surface area (Å²) in [5.41, 5.74) is 4.08. The molecule has 0 bridgehead atoms. The fourth-order valence-corrected chi connectivity index (χ4v) is 1.85. The van der Waals surface area contributed by atoms with Crippen LogP contribution in [0.1, 0.15) is 31.0 Å². The van der Waals surface area contributed by atoms with E-state index in [1.54, 1.807) is 12.1 Å². The summed E-state index contributed by atoms with van der Waals surface area (Å²) in [6.07, 6.45) is 1.83. The van der Waals surface area contributed by atoms with Gasteiger partial charge < -0.3 is 0 Å². The zero-order chi connectivity index (χ0) is 12.4. The summed E-state index contributed by atoms with van der Waals surface area (Å²) in [4.78, 5) is 4.42. The molecule has 0 N–H and O–H groups in total. The molecule has 0 atom stereocenters. The van der Waals surface area contributed by atoms with Gasteiger partial charge in [-0.15, -0.1) is 0 Å². The first-order valence-corrected chi connectivity index (χ1v) is 5.80. The molecule has 0 unspecified atom stereocenters. The number of hydrogen-bond acceptors (Lipinski definition) is 1. The van der Waals surface area contributed by atoms with Crippen molar-refractivity contribution in [1.29, 1.82) is 0 Å². The summed E-state index contributed by atoms with van der Waals surface area (Å²) in [5, 5.41) is 0. The van der Waals surface area contributed by atoms with Crippen LogP contribution < -0.4 is 0 Å². The topological polar surface area (TPSA) is 12.9 Å². The lowest BCUT2D eigenvalue weighted by molar-refractivity contribution is 0.628. The maximum Gasteiger partial charge on any atom is 0.123 e. The van der Waals surface area contributed by atoms with E-state index in [0.717, 1.165) is 22.4 Å². The van der Waals surface area contributed by atoms with E-state index in [2.05, 4.69) is 24.9 Å². The van der Waals surface area contributed by atoms with Crippen LogP contribution in [0, 0.1) is 12.7 Å². The molecule has 0 aliphatic carbocycles. The first-order chi connectivity index (χ1) is 8.08. The van der Waals surface area contributed by atoms with Gasteiger partial charge in [0.15, 0.2) is 0 Å². The third kappa shape index (κ3) is 2.52. The second-order valence-electron chi connectivity index (χ2n) is 4.59. The maximum absolute atomic E-state index is 13.2. The first-order valence-electron chi connectivity index (χ1n) is 5.80. The summed E-state index contributed by atoms with van der Waals surface area (Å²) in [5.74, 6) is 0.199. The van der Waals surface area contributed by atoms with Crippen LogP contribution in [0.25, 0.3) is 11.1 Å². The quantitative estimate of drug-likeness (QED) is 0.747. The number of nitrogens with zero attached hydrogens (tertiary/aromatic N) is 1. The normalized spacial score (nSPS) is 10.9. The maximum atomic E-state index is 13.2. The minimum atomic E-state index is -0.213. The van der Waals surface area contributed by atoms with Crippen LogP contribution >= 0.6 is 0 Å². The van der Waals surface area contributed by atoms with E-state index in [1.807, 2.05) is 19.2 Å². The average Bonchev–Trinajstić information content (AvgIpc) is 2.28. The van der Waals surface area contributed by atoms with Gasteiger partial charge in [-0.1, -0.05) is 26.0 Å². The number of pyridine rings is 1. The largest absolute Gasteiger partial charge is 0.260 e. The van der Waals surface area contributed by atoms with E-state index in [9.17, 15) is 4.39 Å². The van der Waals surface area contributed by atoms with Crippen molar-refractivity contribution in [1.82, 2.24) is 4.98 Å². The molecular formula is C15H16FN. The zero-order valence-electron chi connectivity index (χ0n) is 10.4. The van der Waals surface area contributed by atoms with Gasteiger partial charge in [0.25, 0.3) is 0 Å². The highest BCUT2D eigenvalue weighted by molar-refractivity contribution is 5.66. The van der Waals surface area contributed by atoms with Crippen LogP contribution in [0.4, 0.5) is 4.39 Å². The molecule has 0 amide bonds. The molecule has 0 fully saturated rings. The number of benzene rings is 1. The van der Waals surface area contributed by atoms with E-state index < -0.39 is 0 Å². The second-order valence-corrected chi connectivity index (χ2v) is 4.59. The molecule has 0 aliphatic heterocycles. The molecule has 0 aliphatic rings. The van der Waals surface area contributed by atoms with Crippen molar-refractivity contribution >= 4 is 0 Å². The Morgan fingerprint density at radius 2 is 1.94 bits per heavy atom. The van der Waals surface area contributed by atoms with Gasteiger partial charge in [0, 0.05) is 17.5 Å². The van der Waals surface area contributed by atoms with Crippen molar-refractivity contribution in [3.8, 4) is 11.1 Å². The molecule has 1 aromatic heterocycles. The van der Waals surface area contributed by atoms with Gasteiger partial charge in [-0.05, 0) is 42.2 Å². The standard InChI is InChI=1S/C15H16FN/c1-10(2)15-7-11(3)14(9-17-15)12-5-4-6-13(16)8-12/h4-10H,1-3H3. The Hall–Kier alpha value is -1.70. The lowest BCUT2D eigenvalue weighted by Crippen LogP contribution is -1.95. The molecule has 2 rings (SSSR count). The monoisotopic (exact) mass is 229 g/mol. The fourth-order valence-electron chi connectivity index (χ4n) is 1.85. The molecule has 1 nitrogen and oxygen atoms in total. The van der Waals surface area contributed by atoms with Gasteiger partial charge in [0.05, 0.1) is 0 Å². The Labute approximate surface area is 101 Å². The molecule has 2 aromatic rings. The SMILES string of the molecule is Cc1cc(C(C)C)ncc1-c1cccc(F)c1. The van der Waals surface area contributed by atoms with Crippen molar-refractivity contribution in [2.24, 2.45) is 0 Å². The second kappa shape index (κ2) is 4.66. The smallest absolute Gasteiger partial charge is 0.123 e. The Kier molecular flexibility index (Phi) is 3.23. The summed E-state index contributed by atoms with van der Waals surface area (Å²) in [6, 6.07) is 8.70. The predicted molar refractivity (Wildman–Crippen MR) is 68.5 cm³/mol. The van der Waals surface area contributed by atoms with Crippen molar-refractivity contribution in [2.75, 3.05) is 0 Å². The van der Waals surface area contributed by atoms with Crippen LogP contribution in [0.15, 0.2) is 36.5 Å². The van der Waals surface area contributed by atoms with Gasteiger partial charge in [-0.2, -0.15) is 0 Å². The molecule has 0 spiro atoms. The fraction of sp³-hybridized carbons (Fsp3) is 0.267. The van der Waals surface area contributed by atoms with Crippen molar-refractivity contribution < 1.29 is 4.39 Å². The van der Waals surface area contributed by atoms with E-state index in [0.29, 0.717) is 5.92 Å². The summed E-state index contributed by atoms with van der Waals surface area (Å²) >= 11 is 0. The molecule has 17 heavy (non-hydrogen) atoms. The minimum absolute atomic E-state index is 0.213. The number of rotatable bonds is 2. The third-order valence-corrected chi connectivity index (χ3v) is 2.86. The lowest BCUT2D eigenvalue weighted by Gasteiger charge is -2.10. The van der Waals surface area contributed by atoms with Crippen molar-refractivity contribution in [3.05, 3.63) is 53.6 Å². The Balaban J connectivity index is 2.47. The molecular weight excluding hydrogens is 213 g/mol. The Morgan fingerprint density at radius 1 is 1.18 bits per heavy atom. The number of aryl methyl sites for hydroxylation is 1. The number of aromatic nitrogens is 1. The summed E-state index contributed by atoms with van der Waals surface area (Å²) < 4.78 is 13.2. The first kappa shape index (κ1) is 11.8. The summed E-state index contributed by atoms with van der Waals surface area (Å²) in [6.45, 7) is 6.26. The Morgan fingerprint density at radius 3 is 2.53 bits per heavy atom. The van der Waals surface area contributed by atoms with E-state index in [-0.39, 0.29) is 5.82 Å². The number of halogens is 1. The van der Waals surface area contributed by atoms with Gasteiger partial charge in [0.1, 0.15) is 5.82 Å². The Bertz CT molecular complexity index is 532. The van der Waals surface area contributed by atoms with Gasteiger partial charge >= 0.3 is 0 Å². The van der Waals surface area contributed by atoms with Crippen molar-refractivity contribution in [2.45, 2.75) is 26.7 Å². The van der Waals surface area contributed by atoms with Crippen LogP contribution in [-0.2, 0) is 0 Å². The molecule has 0 radical (unpaired) electrons. The van der Waals surface area contributed by atoms with Gasteiger partial charge in [-0.25, -0.2) is 4.39 Å². The molecule has 1 heterocycles. The van der Waals surface area contributed by atoms with Crippen LogP contribution in [0.2, 0.25) is 0 Å². The zero-order valence-corrected chi connectivity index (χ0v) is 10.4. The molecule has 0 saturated heterocycles. The molecule has 2 heteroatoms. The predicted octanol–water partition coefficient (Wildman–Crippen LogP) is 4.32. The molecule has 88 valence electrons. The number of hydrogen-bond donors (Lipinski definition) is 0. The van der Waals surface area contributed by atoms with E-state index in [1.165, 1.54) is 6.07 Å². The summed E-state index contributed by atoms with van der Waals surface area (Å²) in [7, 11) is 0. The molecule has 0 saturated carbocycles. The highest BCUT2D eigenvalue weighted by Gasteiger charge is 2.07. The van der Waals surface area contributed by atoms with E-state index >= 15 is 0 Å². The van der Waals surface area contributed by atoms with Gasteiger partial charge in [-0.3, -0.25) is 4.98 Å². The lowest BCUT2D eigenvalue weighted by atomic mass is 10.00. The average molecular weight is 229 g/mol. The third-order valence-electron chi connectivity index (χ3n) is 2.86. The minimum Gasteiger partial charge on any atom is -0.260 e. The van der Waals surface area contributed by atoms with Crippen LogP contribution in [0.5, 0.6) is 0 Å². The van der Waals surface area contributed by atoms with Crippen molar-refractivity contribution in [3.63, 3.8) is 0 Å². The van der Waals surface area contributed by atoms with Crippen LogP contribution in [-0.4, -0.2) is 4.98 Å². The van der Waals surface area contributed by atoms with E-state index in [4.69, 9.17) is 0 Å². The highest BCUT2D eigenvalue weighted by Crippen LogP contribution is 2.25. The van der Waals surface area contributed by atoms with Crippen LogP contribution in [0.3, 0.4) is 0 Å².